The quantitative estimate of drug-likeness (QED) is 0.328. The maximum atomic E-state index is 9.06. The fraction of sp³-hybridized carbons (Fsp3) is 0. The number of aromatic hydroxyl groups is 1. The Balaban J connectivity index is 3.17. The highest BCUT2D eigenvalue weighted by atomic mass is 35.5. The van der Waals surface area contributed by atoms with E-state index in [1.807, 2.05) is 0 Å². The predicted octanol–water partition coefficient (Wildman–Crippen LogP) is 1.33. The molecule has 0 fully saturated rings. The van der Waals surface area contributed by atoms with Crippen LogP contribution in [0, 0.1) is 0 Å². The zero-order valence-corrected chi connectivity index (χ0v) is 5.89. The van der Waals surface area contributed by atoms with Gasteiger partial charge in [0, 0.05) is 0 Å². The lowest BCUT2D eigenvalue weighted by Crippen LogP contribution is -2.07. The predicted molar refractivity (Wildman–Crippen MR) is 40.9 cm³/mol. The van der Waals surface area contributed by atoms with E-state index in [9.17, 15) is 0 Å². The van der Waals surface area contributed by atoms with Gasteiger partial charge in [-0.05, 0) is 12.1 Å². The molecule has 10 heavy (non-hydrogen) atoms. The van der Waals surface area contributed by atoms with Crippen molar-refractivity contribution in [2.75, 3.05) is 5.43 Å². The fourth-order valence-electron chi connectivity index (χ4n) is 0.656. The Hall–Kier alpha value is -0.930. The number of nitrogens with two attached hydrogens (primary N) is 1. The molecule has 0 saturated heterocycles. The van der Waals surface area contributed by atoms with Crippen LogP contribution in [0.2, 0.25) is 5.02 Å². The second-order valence-electron chi connectivity index (χ2n) is 1.78. The van der Waals surface area contributed by atoms with Crippen LogP contribution >= 0.6 is 11.6 Å². The molecule has 1 aromatic rings. The van der Waals surface area contributed by atoms with E-state index < -0.39 is 0 Å². The molecule has 0 amide bonds. The summed E-state index contributed by atoms with van der Waals surface area (Å²) in [7, 11) is 0. The Labute approximate surface area is 63.4 Å². The van der Waals surface area contributed by atoms with E-state index in [-0.39, 0.29) is 5.75 Å². The summed E-state index contributed by atoms with van der Waals surface area (Å²) in [6, 6.07) is 4.77. The van der Waals surface area contributed by atoms with Crippen LogP contribution in [0.5, 0.6) is 5.75 Å². The number of halogens is 1. The normalized spacial score (nSPS) is 9.40. The summed E-state index contributed by atoms with van der Waals surface area (Å²) >= 11 is 5.63. The van der Waals surface area contributed by atoms with Gasteiger partial charge in [-0.2, -0.15) is 0 Å². The molecule has 0 unspecified atom stereocenters. The van der Waals surface area contributed by atoms with Gasteiger partial charge in [0.2, 0.25) is 0 Å². The maximum absolute atomic E-state index is 9.06. The summed E-state index contributed by atoms with van der Waals surface area (Å²) in [6.45, 7) is 0. The molecule has 0 radical (unpaired) electrons. The second-order valence-corrected chi connectivity index (χ2v) is 2.19. The number of phenolic OH excluding ortho intramolecular Hbond substituents is 1. The van der Waals surface area contributed by atoms with Crippen LogP contribution in [0.25, 0.3) is 0 Å². The molecular weight excluding hydrogens is 152 g/mol. The molecule has 1 rings (SSSR count). The summed E-state index contributed by atoms with van der Waals surface area (Å²) < 4.78 is 0. The van der Waals surface area contributed by atoms with Crippen LogP contribution in [-0.4, -0.2) is 5.11 Å². The summed E-state index contributed by atoms with van der Waals surface area (Å²) in [5.74, 6) is 5.11. The van der Waals surface area contributed by atoms with Crippen molar-refractivity contribution >= 4 is 17.3 Å². The van der Waals surface area contributed by atoms with Gasteiger partial charge in [-0.1, -0.05) is 17.7 Å². The summed E-state index contributed by atoms with van der Waals surface area (Å²) in [4.78, 5) is 0. The highest BCUT2D eigenvalue weighted by molar-refractivity contribution is 6.33. The van der Waals surface area contributed by atoms with Crippen molar-refractivity contribution in [2.24, 2.45) is 5.84 Å². The number of hydrogen-bond acceptors (Lipinski definition) is 3. The highest BCUT2D eigenvalue weighted by Gasteiger charge is 2.01. The lowest BCUT2D eigenvalue weighted by molar-refractivity contribution is 0.477. The lowest BCUT2D eigenvalue weighted by Gasteiger charge is -2.03. The molecule has 4 heteroatoms. The molecule has 0 spiro atoms. The van der Waals surface area contributed by atoms with Crippen molar-refractivity contribution < 1.29 is 5.11 Å². The van der Waals surface area contributed by atoms with Crippen LogP contribution in [0.15, 0.2) is 18.2 Å². The molecule has 0 aliphatic rings. The number of nitrogens with one attached hydrogen (secondary N) is 1. The summed E-state index contributed by atoms with van der Waals surface area (Å²) in [5, 5.41) is 9.47. The van der Waals surface area contributed by atoms with Crippen LogP contribution in [0.4, 0.5) is 5.69 Å². The van der Waals surface area contributed by atoms with E-state index >= 15 is 0 Å². The first-order chi connectivity index (χ1) is 4.75. The van der Waals surface area contributed by atoms with Crippen molar-refractivity contribution in [1.82, 2.24) is 0 Å². The molecular formula is C6H7ClN2O. The molecule has 54 valence electrons. The minimum atomic E-state index is 0.0509. The molecule has 0 heterocycles. The van der Waals surface area contributed by atoms with Gasteiger partial charge in [-0.3, -0.25) is 5.84 Å². The van der Waals surface area contributed by atoms with Gasteiger partial charge in [0.25, 0.3) is 0 Å². The summed E-state index contributed by atoms with van der Waals surface area (Å²) in [6.07, 6.45) is 0. The number of benzene rings is 1. The van der Waals surface area contributed by atoms with Crippen LogP contribution in [-0.2, 0) is 0 Å². The third kappa shape index (κ3) is 1.15. The molecule has 0 atom stereocenters. The Morgan fingerprint density at radius 3 is 2.60 bits per heavy atom. The smallest absolute Gasteiger partial charge is 0.141 e. The maximum Gasteiger partial charge on any atom is 0.141 e. The molecule has 0 aliphatic heterocycles. The second kappa shape index (κ2) is 2.77. The topological polar surface area (TPSA) is 58.3 Å². The van der Waals surface area contributed by atoms with Gasteiger partial charge >= 0.3 is 0 Å². The minimum absolute atomic E-state index is 0.0509. The van der Waals surface area contributed by atoms with Crippen molar-refractivity contribution in [3.63, 3.8) is 0 Å². The number of phenols is 1. The Bertz CT molecular complexity index is 219. The molecule has 0 aromatic heterocycles. The van der Waals surface area contributed by atoms with Gasteiger partial charge < -0.3 is 10.5 Å². The van der Waals surface area contributed by atoms with E-state index in [1.54, 1.807) is 12.1 Å². The first-order valence-electron chi connectivity index (χ1n) is 2.70. The van der Waals surface area contributed by atoms with E-state index in [2.05, 4.69) is 5.43 Å². The molecule has 0 saturated carbocycles. The number of anilines is 1. The fourth-order valence-corrected chi connectivity index (χ4v) is 0.880. The zero-order chi connectivity index (χ0) is 7.56. The van der Waals surface area contributed by atoms with Crippen molar-refractivity contribution in [2.45, 2.75) is 0 Å². The van der Waals surface area contributed by atoms with Gasteiger partial charge in [0.05, 0.1) is 5.02 Å². The molecule has 0 bridgehead atoms. The molecule has 3 nitrogen and oxygen atoms in total. The first kappa shape index (κ1) is 7.18. The third-order valence-corrected chi connectivity index (χ3v) is 1.45. The Kier molecular flexibility index (Phi) is 1.99. The van der Waals surface area contributed by atoms with Crippen molar-refractivity contribution in [3.8, 4) is 5.75 Å². The zero-order valence-electron chi connectivity index (χ0n) is 5.13. The van der Waals surface area contributed by atoms with Gasteiger partial charge in [-0.25, -0.2) is 0 Å². The number of para-hydroxylation sites is 1. The van der Waals surface area contributed by atoms with Crippen molar-refractivity contribution in [1.29, 1.82) is 0 Å². The number of hydrazine groups is 1. The van der Waals surface area contributed by atoms with Gasteiger partial charge in [0.1, 0.15) is 11.4 Å². The third-order valence-electron chi connectivity index (χ3n) is 1.14. The molecule has 0 aliphatic carbocycles. The highest BCUT2D eigenvalue weighted by Crippen LogP contribution is 2.29. The average Bonchev–Trinajstić information content (AvgIpc) is 1.88. The largest absolute Gasteiger partial charge is 0.506 e. The lowest BCUT2D eigenvalue weighted by atomic mass is 10.3. The van der Waals surface area contributed by atoms with E-state index in [1.165, 1.54) is 6.07 Å². The average molecular weight is 159 g/mol. The van der Waals surface area contributed by atoms with Crippen LogP contribution in [0.1, 0.15) is 0 Å². The van der Waals surface area contributed by atoms with Crippen LogP contribution in [0.3, 0.4) is 0 Å². The standard InChI is InChI=1S/C6H7ClN2O/c7-4-2-1-3-5(10)6(4)9-8/h1-3,9-10H,8H2. The van der Waals surface area contributed by atoms with Gasteiger partial charge in [-0.15, -0.1) is 0 Å². The molecule has 4 N–H and O–H groups in total. The number of rotatable bonds is 1. The van der Waals surface area contributed by atoms with E-state index in [0.29, 0.717) is 10.7 Å². The minimum Gasteiger partial charge on any atom is -0.506 e. The Morgan fingerprint density at radius 2 is 2.20 bits per heavy atom. The van der Waals surface area contributed by atoms with E-state index in [4.69, 9.17) is 22.6 Å². The van der Waals surface area contributed by atoms with Crippen molar-refractivity contribution in [3.05, 3.63) is 23.2 Å². The molecule has 1 aromatic carbocycles. The Morgan fingerprint density at radius 1 is 1.50 bits per heavy atom. The number of hydrogen-bond donors (Lipinski definition) is 3. The van der Waals surface area contributed by atoms with Gasteiger partial charge in [0.15, 0.2) is 0 Å². The number of nitrogen functional groups attached to an aromatic ring is 1. The van der Waals surface area contributed by atoms with Crippen LogP contribution < -0.4 is 11.3 Å². The SMILES string of the molecule is NNc1c(O)cccc1Cl. The summed E-state index contributed by atoms with van der Waals surface area (Å²) in [5.41, 5.74) is 2.63. The monoisotopic (exact) mass is 158 g/mol. The first-order valence-corrected chi connectivity index (χ1v) is 3.07. The van der Waals surface area contributed by atoms with E-state index in [0.717, 1.165) is 0 Å².